The molecule has 2 unspecified atom stereocenters. The van der Waals surface area contributed by atoms with Crippen LogP contribution in [0, 0.1) is 5.82 Å². The Morgan fingerprint density at radius 2 is 1.83 bits per heavy atom. The maximum atomic E-state index is 14.0. The van der Waals surface area contributed by atoms with Crippen molar-refractivity contribution in [2.24, 2.45) is 4.99 Å². The van der Waals surface area contributed by atoms with Gasteiger partial charge in [0.05, 0.1) is 5.69 Å². The second-order valence-electron chi connectivity index (χ2n) is 11.5. The summed E-state index contributed by atoms with van der Waals surface area (Å²) in [5, 5.41) is 8.22. The molecule has 8 nitrogen and oxygen atoms in total. The van der Waals surface area contributed by atoms with Crippen molar-refractivity contribution >= 4 is 28.6 Å². The number of alkyl halides is 3. The molecule has 240 valence electrons. The van der Waals surface area contributed by atoms with Crippen molar-refractivity contribution in [3.63, 3.8) is 0 Å². The number of thioether (sulfide) groups is 1. The van der Waals surface area contributed by atoms with Gasteiger partial charge in [-0.25, -0.2) is 18.9 Å². The van der Waals surface area contributed by atoms with E-state index >= 15 is 0 Å². The number of ether oxygens (including phenoxy) is 1. The van der Waals surface area contributed by atoms with E-state index in [1.807, 2.05) is 43.0 Å². The number of nitrogens with zero attached hydrogens (tertiary/aromatic N) is 5. The third-order valence-electron chi connectivity index (χ3n) is 8.13. The van der Waals surface area contributed by atoms with E-state index in [1.165, 1.54) is 53.1 Å². The van der Waals surface area contributed by atoms with E-state index in [9.17, 15) is 22.4 Å². The Balaban J connectivity index is 1.11. The third-order valence-corrected chi connectivity index (χ3v) is 9.08. The first-order valence-corrected chi connectivity index (χ1v) is 16.0. The summed E-state index contributed by atoms with van der Waals surface area (Å²) in [4.78, 5) is 23.9. The molecule has 4 aromatic rings. The Morgan fingerprint density at radius 1 is 1.07 bits per heavy atom. The minimum Gasteiger partial charge on any atom is -0.406 e. The number of hydrogen-bond acceptors (Lipinski definition) is 5. The predicted octanol–water partition coefficient (Wildman–Crippen LogP) is 8.05. The van der Waals surface area contributed by atoms with Gasteiger partial charge in [0.1, 0.15) is 17.9 Å². The van der Waals surface area contributed by atoms with E-state index in [4.69, 9.17) is 0 Å². The highest BCUT2D eigenvalue weighted by molar-refractivity contribution is 8.14. The van der Waals surface area contributed by atoms with Gasteiger partial charge in [-0.05, 0) is 72.4 Å². The Morgan fingerprint density at radius 3 is 2.54 bits per heavy atom. The largest absolute Gasteiger partial charge is 0.573 e. The summed E-state index contributed by atoms with van der Waals surface area (Å²) in [6, 6.07) is 17.5. The van der Waals surface area contributed by atoms with E-state index in [-0.39, 0.29) is 35.5 Å². The monoisotopic (exact) mass is 652 g/mol. The van der Waals surface area contributed by atoms with Crippen LogP contribution in [0.1, 0.15) is 56.1 Å². The van der Waals surface area contributed by atoms with Crippen LogP contribution in [0.5, 0.6) is 5.75 Å². The first-order chi connectivity index (χ1) is 22.0. The number of rotatable bonds is 7. The van der Waals surface area contributed by atoms with Gasteiger partial charge < -0.3 is 15.0 Å². The minimum absolute atomic E-state index is 0.0683. The molecule has 2 heterocycles. The van der Waals surface area contributed by atoms with Crippen molar-refractivity contribution in [3.8, 4) is 22.8 Å². The Labute approximate surface area is 267 Å². The molecule has 3 aromatic carbocycles. The molecule has 1 aliphatic heterocycles. The van der Waals surface area contributed by atoms with Crippen LogP contribution in [-0.2, 0) is 0 Å². The maximum absolute atomic E-state index is 14.0. The van der Waals surface area contributed by atoms with E-state index in [2.05, 4.69) is 25.1 Å². The number of aliphatic imine (C=N–C) groups is 1. The van der Waals surface area contributed by atoms with E-state index in [0.717, 1.165) is 47.4 Å². The van der Waals surface area contributed by atoms with Gasteiger partial charge in [0.2, 0.25) is 0 Å². The highest BCUT2D eigenvalue weighted by Crippen LogP contribution is 2.36. The fourth-order valence-corrected chi connectivity index (χ4v) is 6.91. The molecule has 6 rings (SSSR count). The first kappa shape index (κ1) is 31.6. The molecule has 1 saturated heterocycles. The first-order valence-electron chi connectivity index (χ1n) is 15.0. The second-order valence-corrected chi connectivity index (χ2v) is 12.6. The molecule has 2 aliphatic rings. The number of hydrogen-bond donors (Lipinski definition) is 1. The van der Waals surface area contributed by atoms with Gasteiger partial charge >= 0.3 is 12.4 Å². The fraction of sp³-hybridized carbons (Fsp3) is 0.333. The van der Waals surface area contributed by atoms with Gasteiger partial charge in [0.15, 0.2) is 11.0 Å². The Kier molecular flexibility index (Phi) is 9.03. The number of benzene rings is 3. The zero-order chi connectivity index (χ0) is 32.4. The lowest BCUT2D eigenvalue weighted by Crippen LogP contribution is -2.36. The molecule has 2 fully saturated rings. The average Bonchev–Trinajstić information content (AvgIpc) is 3.79. The number of amidine groups is 1. The topological polar surface area (TPSA) is 84.6 Å². The number of urea groups is 1. The molecular formula is C33H32F4N6O2S. The lowest BCUT2D eigenvalue weighted by atomic mass is 9.93. The standard InChI is InChI=1S/C33H32F4N6O2S/c1-20(2)27-18-23(34)10-15-29(27)42-16-17-46-32(42)40-31(44)39-28-5-3-4-26(28)21-6-8-22(9-7-21)30-38-19-43(41-30)24-11-13-25(14-12-24)45-33(35,36)37/h6-15,18-20,26,28H,3-5,16-17H2,1-2H3,(H,39,44). The third kappa shape index (κ3) is 7.19. The maximum Gasteiger partial charge on any atom is 0.573 e. The number of amides is 2. The SMILES string of the molecule is CC(C)c1cc(F)ccc1N1CCSC1=NC(=O)NC1CCCC1c1ccc(-c2ncn(-c3ccc(OC(F)(F)F)cc3)n2)cc1. The van der Waals surface area contributed by atoms with Crippen LogP contribution >= 0.6 is 11.8 Å². The molecule has 2 amide bonds. The van der Waals surface area contributed by atoms with Crippen LogP contribution < -0.4 is 15.0 Å². The molecule has 2 atom stereocenters. The van der Waals surface area contributed by atoms with E-state index in [1.54, 1.807) is 12.1 Å². The minimum atomic E-state index is -4.76. The number of nitrogens with one attached hydrogen (secondary N) is 1. The molecule has 0 bridgehead atoms. The van der Waals surface area contributed by atoms with Gasteiger partial charge in [0.25, 0.3) is 0 Å². The van der Waals surface area contributed by atoms with E-state index in [0.29, 0.717) is 23.2 Å². The van der Waals surface area contributed by atoms with Crippen LogP contribution in [0.25, 0.3) is 17.1 Å². The normalized spacial score (nSPS) is 19.3. The summed E-state index contributed by atoms with van der Waals surface area (Å²) in [5.74, 6) is 0.897. The Hall–Kier alpha value is -4.39. The lowest BCUT2D eigenvalue weighted by molar-refractivity contribution is -0.274. The van der Waals surface area contributed by atoms with Crippen LogP contribution in [0.3, 0.4) is 0 Å². The van der Waals surface area contributed by atoms with Gasteiger partial charge in [-0.15, -0.1) is 18.3 Å². The fourth-order valence-electron chi connectivity index (χ4n) is 5.96. The molecule has 0 spiro atoms. The van der Waals surface area contributed by atoms with Crippen LogP contribution in [0.2, 0.25) is 0 Å². The van der Waals surface area contributed by atoms with Gasteiger partial charge in [-0.3, -0.25) is 0 Å². The summed E-state index contributed by atoms with van der Waals surface area (Å²) in [6.07, 6.45) is -0.519. The molecule has 0 radical (unpaired) electrons. The molecule has 1 saturated carbocycles. The molecule has 1 aliphatic carbocycles. The lowest BCUT2D eigenvalue weighted by Gasteiger charge is -2.24. The Bertz CT molecular complexity index is 1720. The predicted molar refractivity (Wildman–Crippen MR) is 170 cm³/mol. The quantitative estimate of drug-likeness (QED) is 0.204. The molecule has 13 heteroatoms. The van der Waals surface area contributed by atoms with Crippen molar-refractivity contribution in [3.05, 3.63) is 90.0 Å². The molecule has 1 N–H and O–H groups in total. The van der Waals surface area contributed by atoms with Gasteiger partial charge in [-0.1, -0.05) is 56.3 Å². The van der Waals surface area contributed by atoms with Gasteiger partial charge in [0, 0.05) is 35.5 Å². The summed E-state index contributed by atoms with van der Waals surface area (Å²) in [6.45, 7) is 4.73. The summed E-state index contributed by atoms with van der Waals surface area (Å²) >= 11 is 1.52. The smallest absolute Gasteiger partial charge is 0.406 e. The van der Waals surface area contributed by atoms with Crippen LogP contribution in [0.15, 0.2) is 78.0 Å². The number of carbonyl (C=O) groups is 1. The highest BCUT2D eigenvalue weighted by Gasteiger charge is 2.32. The molecule has 1 aromatic heterocycles. The summed E-state index contributed by atoms with van der Waals surface area (Å²) in [7, 11) is 0. The van der Waals surface area contributed by atoms with Crippen molar-refractivity contribution in [1.29, 1.82) is 0 Å². The highest BCUT2D eigenvalue weighted by atomic mass is 32.2. The average molecular weight is 653 g/mol. The van der Waals surface area contributed by atoms with E-state index < -0.39 is 6.36 Å². The van der Waals surface area contributed by atoms with Crippen LogP contribution in [-0.4, -0.2) is 50.7 Å². The van der Waals surface area contributed by atoms with Crippen molar-refractivity contribution in [1.82, 2.24) is 20.1 Å². The van der Waals surface area contributed by atoms with Crippen molar-refractivity contribution in [2.45, 2.75) is 57.3 Å². The summed E-state index contributed by atoms with van der Waals surface area (Å²) in [5.41, 5.74) is 4.16. The van der Waals surface area contributed by atoms with Gasteiger partial charge in [-0.2, -0.15) is 4.99 Å². The number of anilines is 1. The summed E-state index contributed by atoms with van der Waals surface area (Å²) < 4.78 is 56.8. The zero-order valence-corrected chi connectivity index (χ0v) is 26.0. The number of aromatic nitrogens is 3. The van der Waals surface area contributed by atoms with Crippen molar-refractivity contribution in [2.75, 3.05) is 17.2 Å². The number of carbonyl (C=O) groups excluding carboxylic acids is 1. The van der Waals surface area contributed by atoms with Crippen molar-refractivity contribution < 1.29 is 27.1 Å². The molecule has 46 heavy (non-hydrogen) atoms. The zero-order valence-electron chi connectivity index (χ0n) is 25.2. The molecular weight excluding hydrogens is 620 g/mol. The second kappa shape index (κ2) is 13.1. The number of halogens is 4. The van der Waals surface area contributed by atoms with Crippen LogP contribution in [0.4, 0.5) is 28.0 Å².